The van der Waals surface area contributed by atoms with Gasteiger partial charge in [0.15, 0.2) is 0 Å². The van der Waals surface area contributed by atoms with Crippen LogP contribution in [0.1, 0.15) is 36.5 Å². The number of halogens is 1. The van der Waals surface area contributed by atoms with Crippen molar-refractivity contribution >= 4 is 22.5 Å². The lowest BCUT2D eigenvalue weighted by atomic mass is 10.1. The van der Waals surface area contributed by atoms with Crippen LogP contribution < -0.4 is 0 Å². The number of rotatable bonds is 6. The summed E-state index contributed by atoms with van der Waals surface area (Å²) in [6, 6.07) is 15.1. The van der Waals surface area contributed by atoms with Crippen LogP contribution in [-0.2, 0) is 19.4 Å². The average Bonchev–Trinajstić information content (AvgIpc) is 2.85. The van der Waals surface area contributed by atoms with Gasteiger partial charge in [-0.2, -0.15) is 0 Å². The normalized spacial score (nSPS) is 11.3. The van der Waals surface area contributed by atoms with Crippen molar-refractivity contribution in [3.63, 3.8) is 0 Å². The van der Waals surface area contributed by atoms with Crippen LogP contribution in [0, 0.1) is 6.92 Å². The van der Waals surface area contributed by atoms with Crippen LogP contribution in [0.25, 0.3) is 10.9 Å². The molecule has 1 heterocycles. The molecule has 0 atom stereocenters. The van der Waals surface area contributed by atoms with E-state index in [1.807, 2.05) is 6.07 Å². The fourth-order valence-corrected chi connectivity index (χ4v) is 3.49. The fraction of sp³-hybridized carbons (Fsp3) is 0.333. The van der Waals surface area contributed by atoms with Gasteiger partial charge in [0.2, 0.25) is 0 Å². The van der Waals surface area contributed by atoms with Crippen LogP contribution in [0.15, 0.2) is 48.7 Å². The molecule has 0 radical (unpaired) electrons. The largest absolute Gasteiger partial charge is 0.347 e. The molecule has 0 bridgehead atoms. The van der Waals surface area contributed by atoms with Crippen molar-refractivity contribution in [3.8, 4) is 0 Å². The van der Waals surface area contributed by atoms with Gasteiger partial charge < -0.3 is 4.57 Å². The second-order valence-electron chi connectivity index (χ2n) is 6.35. The Morgan fingerprint density at radius 3 is 2.70 bits per heavy atom. The Hall–Kier alpha value is -1.73. The standard InChI is InChI=1S/C21H24ClN/c1-3-6-18-15-23(21-11-10-19(22)14-20(18)21)12-5-9-17-8-4-7-16(2)13-17/h4,7-8,10-11,13-15H,3,5-6,9,12H2,1-2H3. The average molecular weight is 326 g/mol. The molecule has 2 heteroatoms. The van der Waals surface area contributed by atoms with Crippen LogP contribution in [-0.4, -0.2) is 4.57 Å². The fourth-order valence-electron chi connectivity index (χ4n) is 3.32. The summed E-state index contributed by atoms with van der Waals surface area (Å²) in [5, 5.41) is 2.14. The van der Waals surface area contributed by atoms with E-state index >= 15 is 0 Å². The van der Waals surface area contributed by atoms with Crippen LogP contribution in [0.4, 0.5) is 0 Å². The highest BCUT2D eigenvalue weighted by atomic mass is 35.5. The zero-order valence-corrected chi connectivity index (χ0v) is 14.7. The highest BCUT2D eigenvalue weighted by molar-refractivity contribution is 6.31. The van der Waals surface area contributed by atoms with Gasteiger partial charge in [0, 0.05) is 28.7 Å². The van der Waals surface area contributed by atoms with Gasteiger partial charge in [-0.05, 0) is 55.5 Å². The Bertz CT molecular complexity index is 801. The van der Waals surface area contributed by atoms with Crippen LogP contribution in [0.3, 0.4) is 0 Å². The number of aromatic nitrogens is 1. The van der Waals surface area contributed by atoms with Crippen LogP contribution in [0.5, 0.6) is 0 Å². The lowest BCUT2D eigenvalue weighted by Crippen LogP contribution is -1.98. The molecule has 0 aliphatic rings. The molecule has 2 aromatic carbocycles. The Morgan fingerprint density at radius 1 is 1.04 bits per heavy atom. The summed E-state index contributed by atoms with van der Waals surface area (Å²) in [4.78, 5) is 0. The van der Waals surface area contributed by atoms with E-state index in [-0.39, 0.29) is 0 Å². The van der Waals surface area contributed by atoms with Crippen molar-refractivity contribution in [2.45, 2.75) is 46.1 Å². The van der Waals surface area contributed by atoms with Gasteiger partial charge in [0.1, 0.15) is 0 Å². The van der Waals surface area contributed by atoms with E-state index < -0.39 is 0 Å². The number of nitrogens with zero attached hydrogens (tertiary/aromatic N) is 1. The lowest BCUT2D eigenvalue weighted by molar-refractivity contribution is 0.659. The molecule has 0 spiro atoms. The van der Waals surface area contributed by atoms with E-state index in [1.54, 1.807) is 0 Å². The Kier molecular flexibility index (Phi) is 5.07. The smallest absolute Gasteiger partial charge is 0.0484 e. The number of aryl methyl sites for hydroxylation is 4. The molecule has 1 aromatic heterocycles. The minimum Gasteiger partial charge on any atom is -0.347 e. The minimum absolute atomic E-state index is 0.826. The Labute approximate surface area is 143 Å². The molecule has 0 N–H and O–H groups in total. The van der Waals surface area contributed by atoms with Crippen molar-refractivity contribution in [3.05, 3.63) is 70.4 Å². The number of hydrogen-bond donors (Lipinski definition) is 0. The van der Waals surface area contributed by atoms with E-state index in [9.17, 15) is 0 Å². The van der Waals surface area contributed by atoms with Crippen LogP contribution in [0.2, 0.25) is 5.02 Å². The van der Waals surface area contributed by atoms with Crippen molar-refractivity contribution in [1.82, 2.24) is 4.57 Å². The van der Waals surface area contributed by atoms with Gasteiger partial charge in [-0.15, -0.1) is 0 Å². The molecule has 0 fully saturated rings. The molecule has 0 amide bonds. The summed E-state index contributed by atoms with van der Waals surface area (Å²) >= 11 is 6.19. The van der Waals surface area contributed by atoms with E-state index in [0.717, 1.165) is 37.3 Å². The predicted molar refractivity (Wildman–Crippen MR) is 100 cm³/mol. The van der Waals surface area contributed by atoms with E-state index in [4.69, 9.17) is 11.6 Å². The van der Waals surface area contributed by atoms with Gasteiger partial charge >= 0.3 is 0 Å². The maximum atomic E-state index is 6.19. The summed E-state index contributed by atoms with van der Waals surface area (Å²) in [5.41, 5.74) is 5.50. The highest BCUT2D eigenvalue weighted by Gasteiger charge is 2.08. The van der Waals surface area contributed by atoms with Gasteiger partial charge in [-0.3, -0.25) is 0 Å². The van der Waals surface area contributed by atoms with Gasteiger partial charge in [-0.25, -0.2) is 0 Å². The monoisotopic (exact) mass is 325 g/mol. The van der Waals surface area contributed by atoms with Gasteiger partial charge in [-0.1, -0.05) is 54.8 Å². The van der Waals surface area contributed by atoms with Gasteiger partial charge in [0.25, 0.3) is 0 Å². The Morgan fingerprint density at radius 2 is 1.91 bits per heavy atom. The number of fused-ring (bicyclic) bond motifs is 1. The van der Waals surface area contributed by atoms with Crippen molar-refractivity contribution in [1.29, 1.82) is 0 Å². The molecule has 1 nitrogen and oxygen atoms in total. The first-order chi connectivity index (χ1) is 11.2. The van der Waals surface area contributed by atoms with Crippen molar-refractivity contribution < 1.29 is 0 Å². The SMILES string of the molecule is CCCc1cn(CCCc2cccc(C)c2)c2ccc(Cl)cc12. The summed E-state index contributed by atoms with van der Waals surface area (Å²) in [6.45, 7) is 5.44. The molecule has 0 aliphatic carbocycles. The van der Waals surface area contributed by atoms with Gasteiger partial charge in [0.05, 0.1) is 0 Å². The molecular weight excluding hydrogens is 302 g/mol. The quantitative estimate of drug-likeness (QED) is 0.509. The van der Waals surface area contributed by atoms with E-state index in [1.165, 1.54) is 27.6 Å². The second-order valence-corrected chi connectivity index (χ2v) is 6.79. The molecule has 0 saturated carbocycles. The zero-order chi connectivity index (χ0) is 16.2. The highest BCUT2D eigenvalue weighted by Crippen LogP contribution is 2.26. The minimum atomic E-state index is 0.826. The topological polar surface area (TPSA) is 4.93 Å². The number of benzene rings is 2. The molecule has 0 aliphatic heterocycles. The molecule has 3 rings (SSSR count). The molecule has 0 unspecified atom stereocenters. The first-order valence-electron chi connectivity index (χ1n) is 8.50. The van der Waals surface area contributed by atoms with E-state index in [2.05, 4.69) is 61.0 Å². The third kappa shape index (κ3) is 3.79. The molecule has 3 aromatic rings. The third-order valence-corrected chi connectivity index (χ3v) is 4.63. The van der Waals surface area contributed by atoms with E-state index in [0.29, 0.717) is 0 Å². The summed E-state index contributed by atoms with van der Waals surface area (Å²) in [7, 11) is 0. The molecule has 23 heavy (non-hydrogen) atoms. The predicted octanol–water partition coefficient (Wildman–Crippen LogP) is 6.19. The Balaban J connectivity index is 1.77. The van der Waals surface area contributed by atoms with Crippen molar-refractivity contribution in [2.75, 3.05) is 0 Å². The summed E-state index contributed by atoms with van der Waals surface area (Å²) < 4.78 is 2.40. The summed E-state index contributed by atoms with van der Waals surface area (Å²) in [6.07, 6.45) is 6.87. The first kappa shape index (κ1) is 16.1. The zero-order valence-electron chi connectivity index (χ0n) is 14.0. The molecule has 120 valence electrons. The third-order valence-electron chi connectivity index (χ3n) is 4.39. The van der Waals surface area contributed by atoms with Crippen molar-refractivity contribution in [2.24, 2.45) is 0 Å². The van der Waals surface area contributed by atoms with Crippen LogP contribution >= 0.6 is 11.6 Å². The number of hydrogen-bond acceptors (Lipinski definition) is 0. The summed E-state index contributed by atoms with van der Waals surface area (Å²) in [5.74, 6) is 0. The molecule has 0 saturated heterocycles. The molecular formula is C21H24ClN. The maximum Gasteiger partial charge on any atom is 0.0484 e. The first-order valence-corrected chi connectivity index (χ1v) is 8.88. The lowest BCUT2D eigenvalue weighted by Gasteiger charge is -2.06. The second kappa shape index (κ2) is 7.23. The maximum absolute atomic E-state index is 6.19.